The van der Waals surface area contributed by atoms with E-state index in [-0.39, 0.29) is 42.5 Å². The van der Waals surface area contributed by atoms with Crippen molar-refractivity contribution in [3.05, 3.63) is 59.7 Å². The van der Waals surface area contributed by atoms with E-state index in [0.717, 1.165) is 24.1 Å². The molecule has 33 heavy (non-hydrogen) atoms. The highest BCUT2D eigenvalue weighted by Gasteiger charge is 2.45. The number of Topliss-reactive ketones (excluding diaryl/α,β-unsaturated/α-hetero) is 1. The van der Waals surface area contributed by atoms with Gasteiger partial charge in [0.1, 0.15) is 24.4 Å². The number of carbonyl (C=O) groups excluding carboxylic acids is 3. The number of fused-ring (bicyclic) bond motifs is 1. The summed E-state index contributed by atoms with van der Waals surface area (Å²) in [5.74, 6) is -0.629. The molecule has 0 aromatic heterocycles. The van der Waals surface area contributed by atoms with Gasteiger partial charge in [0.25, 0.3) is 5.91 Å². The maximum Gasteiger partial charge on any atom is 0.251 e. The molecule has 0 radical (unpaired) electrons. The number of ketones is 1. The predicted octanol–water partition coefficient (Wildman–Crippen LogP) is 1.76. The molecule has 0 saturated carbocycles. The normalized spacial score (nSPS) is 20.8. The van der Waals surface area contributed by atoms with Crippen LogP contribution in [0.5, 0.6) is 5.75 Å². The molecule has 8 heteroatoms. The number of carbonyl (C=O) groups is 3. The minimum absolute atomic E-state index is 0.0202. The van der Waals surface area contributed by atoms with Gasteiger partial charge in [-0.05, 0) is 54.8 Å². The molecule has 0 aliphatic carbocycles. The van der Waals surface area contributed by atoms with E-state index in [1.807, 2.05) is 31.1 Å². The second kappa shape index (κ2) is 9.62. The van der Waals surface area contributed by atoms with E-state index in [0.29, 0.717) is 12.1 Å². The van der Waals surface area contributed by atoms with E-state index >= 15 is 0 Å². The Labute approximate surface area is 193 Å². The van der Waals surface area contributed by atoms with Crippen molar-refractivity contribution in [2.45, 2.75) is 37.5 Å². The molecule has 2 aromatic rings. The fraction of sp³-hybridized carbons (Fsp3) is 0.400. The number of piperidine rings is 1. The number of rotatable bonds is 6. The highest BCUT2D eigenvalue weighted by Crippen LogP contribution is 2.27. The van der Waals surface area contributed by atoms with Gasteiger partial charge in [0.15, 0.2) is 5.78 Å². The Morgan fingerprint density at radius 3 is 2.52 bits per heavy atom. The summed E-state index contributed by atoms with van der Waals surface area (Å²) < 4.78 is 5.58. The number of hydrogen-bond acceptors (Lipinski definition) is 6. The zero-order valence-corrected chi connectivity index (χ0v) is 18.9. The highest BCUT2D eigenvalue weighted by molar-refractivity contribution is 5.99. The number of ether oxygens (including phenoxy) is 1. The summed E-state index contributed by atoms with van der Waals surface area (Å²) in [5, 5.41) is 12.5. The van der Waals surface area contributed by atoms with Gasteiger partial charge in [-0.3, -0.25) is 14.4 Å². The van der Waals surface area contributed by atoms with Gasteiger partial charge < -0.3 is 25.0 Å². The molecule has 4 rings (SSSR count). The molecule has 2 heterocycles. The Balaban J connectivity index is 1.57. The van der Waals surface area contributed by atoms with Crippen LogP contribution in [0, 0.1) is 0 Å². The van der Waals surface area contributed by atoms with Gasteiger partial charge in [0.2, 0.25) is 5.91 Å². The first-order valence-corrected chi connectivity index (χ1v) is 11.1. The predicted molar refractivity (Wildman–Crippen MR) is 123 cm³/mol. The molecule has 8 nitrogen and oxygen atoms in total. The lowest BCUT2D eigenvalue weighted by molar-refractivity contribution is -0.142. The van der Waals surface area contributed by atoms with Crippen molar-refractivity contribution in [3.8, 4) is 5.75 Å². The van der Waals surface area contributed by atoms with Crippen molar-refractivity contribution in [2.24, 2.45) is 0 Å². The van der Waals surface area contributed by atoms with Crippen LogP contribution in [0.2, 0.25) is 0 Å². The lowest BCUT2D eigenvalue weighted by Gasteiger charge is -2.37. The lowest BCUT2D eigenvalue weighted by Crippen LogP contribution is -2.58. The minimum atomic E-state index is -0.859. The highest BCUT2D eigenvalue weighted by atomic mass is 16.5. The molecular weight excluding hydrogens is 422 g/mol. The average molecular weight is 452 g/mol. The third kappa shape index (κ3) is 5.01. The van der Waals surface area contributed by atoms with Crippen LogP contribution in [0.25, 0.3) is 0 Å². The zero-order chi connectivity index (χ0) is 23.5. The first-order chi connectivity index (χ1) is 15.8. The van der Waals surface area contributed by atoms with Crippen molar-refractivity contribution in [3.63, 3.8) is 0 Å². The average Bonchev–Trinajstić information content (AvgIpc) is 3.20. The second-order valence-electron chi connectivity index (χ2n) is 8.77. The van der Waals surface area contributed by atoms with Crippen LogP contribution < -0.4 is 10.2 Å². The quantitative estimate of drug-likeness (QED) is 0.695. The molecule has 3 atom stereocenters. The van der Waals surface area contributed by atoms with Gasteiger partial charge in [-0.25, -0.2) is 0 Å². The Morgan fingerprint density at radius 1 is 1.15 bits per heavy atom. The van der Waals surface area contributed by atoms with Crippen LogP contribution in [-0.2, 0) is 20.7 Å². The Hall–Kier alpha value is -3.39. The van der Waals surface area contributed by atoms with Gasteiger partial charge in [-0.2, -0.15) is 0 Å². The van der Waals surface area contributed by atoms with Crippen LogP contribution in [0.1, 0.15) is 28.8 Å². The molecule has 2 saturated heterocycles. The topological polar surface area (TPSA) is 99.2 Å². The number of likely N-dealkylation sites (tertiary alicyclic amines) is 1. The number of aromatic hydroxyl groups is 1. The van der Waals surface area contributed by atoms with Crippen LogP contribution in [0.4, 0.5) is 5.69 Å². The number of nitrogens with one attached hydrogen (secondary N) is 1. The van der Waals surface area contributed by atoms with E-state index in [1.54, 1.807) is 41.3 Å². The lowest BCUT2D eigenvalue weighted by atomic mass is 9.95. The van der Waals surface area contributed by atoms with Gasteiger partial charge in [0.05, 0.1) is 6.10 Å². The van der Waals surface area contributed by atoms with Crippen LogP contribution >= 0.6 is 0 Å². The van der Waals surface area contributed by atoms with Crippen LogP contribution in [0.3, 0.4) is 0 Å². The fourth-order valence-corrected chi connectivity index (χ4v) is 4.46. The molecule has 2 fully saturated rings. The molecule has 2 N–H and O–H groups in total. The van der Waals surface area contributed by atoms with Gasteiger partial charge in [-0.1, -0.05) is 12.1 Å². The molecule has 2 aliphatic heterocycles. The molecule has 174 valence electrons. The third-order valence-electron chi connectivity index (χ3n) is 6.25. The SMILES string of the molecule is CN(C)c1ccc(C(=O)N[C@@H](Cc2ccc(O)cc2)C(=O)N2CCCC3OCC(=O)C32)cc1. The Morgan fingerprint density at radius 2 is 1.85 bits per heavy atom. The molecule has 0 spiro atoms. The number of anilines is 1. The standard InChI is InChI=1S/C25H29N3O5/c1-27(2)18-9-7-17(8-10-18)24(31)26-20(14-16-5-11-19(29)12-6-16)25(32)28-13-3-4-22-23(28)21(30)15-33-22/h5-12,20,22-23,29H,3-4,13-15H2,1-2H3,(H,26,31)/t20-,22?,23?/m0/s1. The zero-order valence-electron chi connectivity index (χ0n) is 18.9. The summed E-state index contributed by atoms with van der Waals surface area (Å²) in [6, 6.07) is 12.2. The third-order valence-corrected chi connectivity index (χ3v) is 6.25. The number of benzene rings is 2. The number of hydrogen-bond donors (Lipinski definition) is 2. The summed E-state index contributed by atoms with van der Waals surface area (Å²) in [5.41, 5.74) is 2.19. The van der Waals surface area contributed by atoms with Crippen LogP contribution in [-0.4, -0.2) is 73.0 Å². The maximum absolute atomic E-state index is 13.6. The molecular formula is C25H29N3O5. The second-order valence-corrected chi connectivity index (χ2v) is 8.77. The first-order valence-electron chi connectivity index (χ1n) is 11.1. The minimum Gasteiger partial charge on any atom is -0.508 e. The van der Waals surface area contributed by atoms with E-state index < -0.39 is 12.1 Å². The number of amides is 2. The van der Waals surface area contributed by atoms with Gasteiger partial charge >= 0.3 is 0 Å². The van der Waals surface area contributed by atoms with E-state index in [1.165, 1.54) is 0 Å². The monoisotopic (exact) mass is 451 g/mol. The molecule has 2 aliphatic rings. The summed E-state index contributed by atoms with van der Waals surface area (Å²) in [4.78, 5) is 42.6. The van der Waals surface area contributed by atoms with E-state index in [9.17, 15) is 19.5 Å². The van der Waals surface area contributed by atoms with E-state index in [2.05, 4.69) is 5.32 Å². The smallest absolute Gasteiger partial charge is 0.251 e. The Bertz CT molecular complexity index is 1020. The van der Waals surface area contributed by atoms with Crippen molar-refractivity contribution < 1.29 is 24.2 Å². The Kier molecular flexibility index (Phi) is 6.65. The molecule has 2 aromatic carbocycles. The van der Waals surface area contributed by atoms with Crippen LogP contribution in [0.15, 0.2) is 48.5 Å². The fourth-order valence-electron chi connectivity index (χ4n) is 4.46. The summed E-state index contributed by atoms with van der Waals surface area (Å²) >= 11 is 0. The molecule has 2 amide bonds. The van der Waals surface area contributed by atoms with Crippen molar-refractivity contribution in [1.82, 2.24) is 10.2 Å². The van der Waals surface area contributed by atoms with Crippen molar-refractivity contribution in [1.29, 1.82) is 0 Å². The van der Waals surface area contributed by atoms with Gasteiger partial charge in [-0.15, -0.1) is 0 Å². The summed E-state index contributed by atoms with van der Waals surface area (Å²) in [6.07, 6.45) is 1.45. The molecule has 0 bridgehead atoms. The van der Waals surface area contributed by atoms with E-state index in [4.69, 9.17) is 4.74 Å². The number of nitrogens with zero attached hydrogens (tertiary/aromatic N) is 2. The summed E-state index contributed by atoms with van der Waals surface area (Å²) in [7, 11) is 3.84. The van der Waals surface area contributed by atoms with Crippen molar-refractivity contribution >= 4 is 23.3 Å². The van der Waals surface area contributed by atoms with Gasteiger partial charge in [0, 0.05) is 38.3 Å². The first kappa shape index (κ1) is 22.8. The largest absolute Gasteiger partial charge is 0.508 e. The number of phenols is 1. The van der Waals surface area contributed by atoms with Crippen molar-refractivity contribution in [2.75, 3.05) is 32.1 Å². The maximum atomic E-state index is 13.6. The summed E-state index contributed by atoms with van der Waals surface area (Å²) in [6.45, 7) is 0.473. The molecule has 2 unspecified atom stereocenters. The number of phenolic OH excluding ortho intramolecular Hbond substituents is 1.